The van der Waals surface area contributed by atoms with Gasteiger partial charge in [-0.25, -0.2) is 12.8 Å². The van der Waals surface area contributed by atoms with E-state index in [2.05, 4.69) is 0 Å². The fourth-order valence-corrected chi connectivity index (χ4v) is 5.23. The topological polar surface area (TPSA) is 84.0 Å². The number of piperidine rings is 1. The van der Waals surface area contributed by atoms with E-state index in [-0.39, 0.29) is 36.7 Å². The van der Waals surface area contributed by atoms with Crippen LogP contribution in [0, 0.1) is 11.7 Å². The Morgan fingerprint density at radius 3 is 2.31 bits per heavy atom. The molecule has 0 N–H and O–H groups in total. The maximum Gasteiger partial charge on any atom is 0.309 e. The van der Waals surface area contributed by atoms with Crippen LogP contribution in [0.4, 0.5) is 4.39 Å². The third-order valence-corrected chi connectivity index (χ3v) is 7.45. The molecule has 0 bridgehead atoms. The fourth-order valence-electron chi connectivity index (χ4n) is 3.69. The molecule has 2 aromatic rings. The lowest BCUT2D eigenvalue weighted by Gasteiger charge is -2.31. The van der Waals surface area contributed by atoms with Crippen LogP contribution in [0.15, 0.2) is 59.5 Å². The monoisotopic (exact) mass is 462 g/mol. The molecule has 1 aliphatic rings. The molecule has 1 fully saturated rings. The van der Waals surface area contributed by atoms with Gasteiger partial charge in [-0.3, -0.25) is 9.59 Å². The number of ether oxygens (including phenoxy) is 1. The highest BCUT2D eigenvalue weighted by Gasteiger charge is 2.35. The van der Waals surface area contributed by atoms with Gasteiger partial charge in [-0.15, -0.1) is 0 Å². The number of halogens is 1. The van der Waals surface area contributed by atoms with E-state index >= 15 is 0 Å². The predicted octanol–water partition coefficient (Wildman–Crippen LogP) is 2.82. The highest BCUT2D eigenvalue weighted by atomic mass is 32.2. The molecular formula is C23H27FN2O5S. The summed E-state index contributed by atoms with van der Waals surface area (Å²) in [7, 11) is -2.33. The minimum Gasteiger partial charge on any atom is -0.452 e. The quantitative estimate of drug-likeness (QED) is 0.591. The van der Waals surface area contributed by atoms with Crippen LogP contribution in [0.25, 0.3) is 0 Å². The minimum atomic E-state index is -3.97. The molecule has 1 heterocycles. The van der Waals surface area contributed by atoms with Gasteiger partial charge in [0, 0.05) is 26.7 Å². The molecule has 1 aliphatic heterocycles. The van der Waals surface area contributed by atoms with Crippen molar-refractivity contribution >= 4 is 21.9 Å². The van der Waals surface area contributed by atoms with Crippen molar-refractivity contribution in [1.29, 1.82) is 0 Å². The summed E-state index contributed by atoms with van der Waals surface area (Å²) in [5.74, 6) is -2.17. The van der Waals surface area contributed by atoms with Gasteiger partial charge in [-0.05, 0) is 37.5 Å². The van der Waals surface area contributed by atoms with Gasteiger partial charge < -0.3 is 9.64 Å². The van der Waals surface area contributed by atoms with E-state index in [1.54, 1.807) is 7.05 Å². The lowest BCUT2D eigenvalue weighted by molar-refractivity contribution is -0.163. The molecule has 1 saturated heterocycles. The molecule has 1 amide bonds. The highest BCUT2D eigenvalue weighted by molar-refractivity contribution is 7.89. The molecule has 0 spiro atoms. The minimum absolute atomic E-state index is 0.0761. The molecule has 2 aromatic carbocycles. The molecule has 0 saturated carbocycles. The van der Waals surface area contributed by atoms with Gasteiger partial charge in [0.05, 0.1) is 5.92 Å². The van der Waals surface area contributed by atoms with E-state index in [1.165, 1.54) is 34.3 Å². The van der Waals surface area contributed by atoms with E-state index in [9.17, 15) is 22.4 Å². The number of likely N-dealkylation sites (N-methyl/N-ethyl adjacent to an activating group) is 1. The molecule has 172 valence electrons. The lowest BCUT2D eigenvalue weighted by Crippen LogP contribution is -2.42. The molecule has 0 radical (unpaired) electrons. The fraction of sp³-hybridized carbons (Fsp3) is 0.391. The maximum atomic E-state index is 14.0. The maximum absolute atomic E-state index is 14.0. The van der Waals surface area contributed by atoms with Crippen LogP contribution in [-0.2, 0) is 30.9 Å². The molecule has 7 nitrogen and oxygen atoms in total. The summed E-state index contributed by atoms with van der Waals surface area (Å²) < 4.78 is 45.9. The number of carbonyl (C=O) groups is 2. The first kappa shape index (κ1) is 23.9. The van der Waals surface area contributed by atoms with E-state index in [1.807, 2.05) is 30.3 Å². The van der Waals surface area contributed by atoms with Gasteiger partial charge in [0.2, 0.25) is 10.0 Å². The summed E-state index contributed by atoms with van der Waals surface area (Å²) in [5.41, 5.74) is 0.963. The van der Waals surface area contributed by atoms with E-state index in [0.717, 1.165) is 11.6 Å². The second kappa shape index (κ2) is 10.2. The number of esters is 1. The third kappa shape index (κ3) is 5.52. The largest absolute Gasteiger partial charge is 0.452 e. The van der Waals surface area contributed by atoms with Crippen LogP contribution in [0.5, 0.6) is 0 Å². The molecule has 0 aliphatic carbocycles. The first-order chi connectivity index (χ1) is 15.2. The van der Waals surface area contributed by atoms with Crippen LogP contribution in [0.2, 0.25) is 0 Å². The average Bonchev–Trinajstić information content (AvgIpc) is 2.79. The smallest absolute Gasteiger partial charge is 0.309 e. The second-order valence-electron chi connectivity index (χ2n) is 7.87. The molecule has 3 rings (SSSR count). The molecule has 32 heavy (non-hydrogen) atoms. The lowest BCUT2D eigenvalue weighted by atomic mass is 9.98. The van der Waals surface area contributed by atoms with Gasteiger partial charge in [0.1, 0.15) is 10.7 Å². The zero-order chi connectivity index (χ0) is 23.3. The van der Waals surface area contributed by atoms with E-state index in [0.29, 0.717) is 6.54 Å². The number of carbonyl (C=O) groups excluding carboxylic acids is 2. The summed E-state index contributed by atoms with van der Waals surface area (Å²) in [4.78, 5) is 26.2. The van der Waals surface area contributed by atoms with Crippen molar-refractivity contribution in [3.63, 3.8) is 0 Å². The van der Waals surface area contributed by atoms with Crippen molar-refractivity contribution in [3.8, 4) is 0 Å². The van der Waals surface area contributed by atoms with Gasteiger partial charge in [0.15, 0.2) is 6.10 Å². The van der Waals surface area contributed by atoms with Gasteiger partial charge >= 0.3 is 5.97 Å². The molecule has 9 heteroatoms. The molecule has 0 aromatic heterocycles. The van der Waals surface area contributed by atoms with Gasteiger partial charge in [0.25, 0.3) is 5.91 Å². The van der Waals surface area contributed by atoms with Crippen LogP contribution in [0.3, 0.4) is 0 Å². The van der Waals surface area contributed by atoms with E-state index in [4.69, 9.17) is 4.74 Å². The zero-order valence-electron chi connectivity index (χ0n) is 18.1. The Labute approximate surface area is 187 Å². The Kier molecular flexibility index (Phi) is 7.63. The van der Waals surface area contributed by atoms with Crippen molar-refractivity contribution in [2.75, 3.05) is 20.1 Å². The SMILES string of the molecule is C[C@H](OC(=O)C1CCN(S(=O)(=O)c2ccccc2F)CC1)C(=O)N(C)Cc1ccccc1. The number of sulfonamides is 1. The van der Waals surface area contributed by atoms with Crippen molar-refractivity contribution in [2.24, 2.45) is 5.92 Å². The summed E-state index contributed by atoms with van der Waals surface area (Å²) in [6.07, 6.45) is -0.461. The number of benzene rings is 2. The number of hydrogen-bond acceptors (Lipinski definition) is 5. The molecule has 1 atom stereocenters. The Bertz CT molecular complexity index is 1050. The van der Waals surface area contributed by atoms with Gasteiger partial charge in [-0.2, -0.15) is 4.31 Å². The van der Waals surface area contributed by atoms with Crippen molar-refractivity contribution in [2.45, 2.75) is 37.3 Å². The number of hydrogen-bond donors (Lipinski definition) is 0. The standard InChI is InChI=1S/C23H27FN2O5S/c1-17(22(27)25(2)16-18-8-4-3-5-9-18)31-23(28)19-12-14-26(15-13-19)32(29,30)21-11-7-6-10-20(21)24/h3-11,17,19H,12-16H2,1-2H3/t17-/m0/s1. The highest BCUT2D eigenvalue weighted by Crippen LogP contribution is 2.26. The third-order valence-electron chi connectivity index (χ3n) is 5.52. The van der Waals surface area contributed by atoms with E-state index < -0.39 is 33.8 Å². The Hall–Kier alpha value is -2.78. The second-order valence-corrected chi connectivity index (χ2v) is 9.77. The zero-order valence-corrected chi connectivity index (χ0v) is 18.9. The van der Waals surface area contributed by atoms with Crippen molar-refractivity contribution in [3.05, 3.63) is 66.0 Å². The average molecular weight is 463 g/mol. The van der Waals surface area contributed by atoms with Crippen LogP contribution in [0.1, 0.15) is 25.3 Å². The number of amides is 1. The normalized spacial score (nSPS) is 16.3. The molecular weight excluding hydrogens is 435 g/mol. The Morgan fingerprint density at radius 1 is 1.09 bits per heavy atom. The van der Waals surface area contributed by atoms with Crippen LogP contribution < -0.4 is 0 Å². The molecule has 0 unspecified atom stereocenters. The summed E-state index contributed by atoms with van der Waals surface area (Å²) in [5, 5.41) is 0. The van der Waals surface area contributed by atoms with Crippen LogP contribution >= 0.6 is 0 Å². The summed E-state index contributed by atoms with van der Waals surface area (Å²) in [6.45, 7) is 2.08. The van der Waals surface area contributed by atoms with Gasteiger partial charge in [-0.1, -0.05) is 42.5 Å². The number of rotatable bonds is 7. The first-order valence-corrected chi connectivity index (χ1v) is 11.9. The van der Waals surface area contributed by atoms with Crippen LogP contribution in [-0.4, -0.2) is 55.7 Å². The Balaban J connectivity index is 1.53. The van der Waals surface area contributed by atoms with Crippen molar-refractivity contribution in [1.82, 2.24) is 9.21 Å². The summed E-state index contributed by atoms with van der Waals surface area (Å²) >= 11 is 0. The predicted molar refractivity (Wildman–Crippen MR) is 116 cm³/mol. The Morgan fingerprint density at radius 2 is 1.69 bits per heavy atom. The van der Waals surface area contributed by atoms with Crippen molar-refractivity contribution < 1.29 is 27.1 Å². The first-order valence-electron chi connectivity index (χ1n) is 10.4. The number of nitrogens with zero attached hydrogens (tertiary/aromatic N) is 2. The summed E-state index contributed by atoms with van der Waals surface area (Å²) in [6, 6.07) is 14.7.